The van der Waals surface area contributed by atoms with Crippen LogP contribution in [0.3, 0.4) is 0 Å². The number of fused-ring (bicyclic) bond motifs is 2. The normalized spacial score (nSPS) is 16.8. The van der Waals surface area contributed by atoms with Crippen molar-refractivity contribution in [3.63, 3.8) is 0 Å². The molecule has 4 nitrogen and oxygen atoms in total. The molecule has 3 rings (SSSR count). The van der Waals surface area contributed by atoms with Crippen LogP contribution in [-0.4, -0.2) is 30.8 Å². The Morgan fingerprint density at radius 3 is 2.82 bits per heavy atom. The number of ether oxygens (including phenoxy) is 1. The van der Waals surface area contributed by atoms with E-state index in [1.165, 1.54) is 17.3 Å². The van der Waals surface area contributed by atoms with Gasteiger partial charge in [-0.15, -0.1) is 0 Å². The number of aromatic nitrogens is 2. The largest absolute Gasteiger partial charge is 0.384 e. The average Bonchev–Trinajstić information content (AvgIpc) is 2.94. The molecular formula is C17H27N3OSi. The van der Waals surface area contributed by atoms with E-state index in [2.05, 4.69) is 60.5 Å². The Morgan fingerprint density at radius 2 is 2.09 bits per heavy atom. The first-order valence-corrected chi connectivity index (χ1v) is 11.8. The van der Waals surface area contributed by atoms with Gasteiger partial charge in [0.1, 0.15) is 6.73 Å². The zero-order chi connectivity index (χ0) is 16.0. The van der Waals surface area contributed by atoms with E-state index in [1.54, 1.807) is 0 Å². The van der Waals surface area contributed by atoms with Crippen molar-refractivity contribution in [2.75, 3.05) is 18.5 Å². The van der Waals surface area contributed by atoms with Crippen molar-refractivity contribution >= 4 is 24.8 Å². The molecule has 0 bridgehead atoms. The smallest absolute Gasteiger partial charge is 0.124 e. The van der Waals surface area contributed by atoms with Crippen molar-refractivity contribution in [3.05, 3.63) is 24.0 Å². The molecule has 0 unspecified atom stereocenters. The van der Waals surface area contributed by atoms with Crippen LogP contribution in [-0.2, 0) is 16.9 Å². The SMILES string of the molecule is CC1(C)CNc2cc3c(cc21)ncn3COCC[Si](C)(C)C. The zero-order valence-corrected chi connectivity index (χ0v) is 15.4. The molecule has 5 heteroatoms. The molecule has 1 aliphatic heterocycles. The maximum Gasteiger partial charge on any atom is 0.124 e. The monoisotopic (exact) mass is 317 g/mol. The minimum Gasteiger partial charge on any atom is -0.384 e. The second kappa shape index (κ2) is 5.39. The van der Waals surface area contributed by atoms with Gasteiger partial charge in [0.15, 0.2) is 0 Å². The Morgan fingerprint density at radius 1 is 1.32 bits per heavy atom. The highest BCUT2D eigenvalue weighted by atomic mass is 28.3. The number of rotatable bonds is 5. The van der Waals surface area contributed by atoms with Crippen LogP contribution in [0.25, 0.3) is 11.0 Å². The topological polar surface area (TPSA) is 39.1 Å². The van der Waals surface area contributed by atoms with Gasteiger partial charge in [0.05, 0.1) is 17.4 Å². The predicted octanol–water partition coefficient (Wildman–Crippen LogP) is 4.05. The lowest BCUT2D eigenvalue weighted by atomic mass is 9.87. The summed E-state index contributed by atoms with van der Waals surface area (Å²) in [5.74, 6) is 0. The number of benzene rings is 1. The van der Waals surface area contributed by atoms with Crippen molar-refractivity contribution in [2.45, 2.75) is 51.7 Å². The molecule has 0 aliphatic carbocycles. The molecule has 2 heterocycles. The maximum atomic E-state index is 5.86. The molecule has 0 saturated carbocycles. The van der Waals surface area contributed by atoms with Crippen molar-refractivity contribution in [3.8, 4) is 0 Å². The Hall–Kier alpha value is -1.33. The number of nitrogens with zero attached hydrogens (tertiary/aromatic N) is 2. The average molecular weight is 318 g/mol. The molecule has 0 fully saturated rings. The van der Waals surface area contributed by atoms with Crippen molar-refractivity contribution in [1.29, 1.82) is 0 Å². The van der Waals surface area contributed by atoms with Gasteiger partial charge in [-0.3, -0.25) is 0 Å². The van der Waals surface area contributed by atoms with E-state index in [0.29, 0.717) is 6.73 Å². The molecular weight excluding hydrogens is 290 g/mol. The fraction of sp³-hybridized carbons (Fsp3) is 0.588. The maximum absolute atomic E-state index is 5.86. The van der Waals surface area contributed by atoms with Crippen LogP contribution in [0.2, 0.25) is 25.7 Å². The number of anilines is 1. The lowest BCUT2D eigenvalue weighted by molar-refractivity contribution is 0.0898. The summed E-state index contributed by atoms with van der Waals surface area (Å²) in [5.41, 5.74) is 4.99. The van der Waals surface area contributed by atoms with Gasteiger partial charge < -0.3 is 14.6 Å². The second-order valence-corrected chi connectivity index (χ2v) is 13.8. The first-order chi connectivity index (χ1) is 10.3. The third kappa shape index (κ3) is 3.06. The van der Waals surface area contributed by atoms with Gasteiger partial charge in [0.2, 0.25) is 0 Å². The molecule has 1 aromatic carbocycles. The Balaban J connectivity index is 1.76. The fourth-order valence-electron chi connectivity index (χ4n) is 2.87. The molecule has 1 aliphatic rings. The predicted molar refractivity (Wildman–Crippen MR) is 95.4 cm³/mol. The van der Waals surface area contributed by atoms with E-state index in [0.717, 1.165) is 24.2 Å². The minimum atomic E-state index is -1.02. The molecule has 120 valence electrons. The van der Waals surface area contributed by atoms with Crippen molar-refractivity contribution in [2.24, 2.45) is 0 Å². The van der Waals surface area contributed by atoms with Crippen molar-refractivity contribution in [1.82, 2.24) is 9.55 Å². The Bertz CT molecular complexity index is 685. The summed E-state index contributed by atoms with van der Waals surface area (Å²) in [6.45, 7) is 14.1. The highest BCUT2D eigenvalue weighted by Crippen LogP contribution is 2.38. The van der Waals surface area contributed by atoms with E-state index in [1.807, 2.05) is 6.33 Å². The Labute approximate surface area is 133 Å². The number of imidazole rings is 1. The second-order valence-electron chi connectivity index (χ2n) is 8.19. The highest BCUT2D eigenvalue weighted by molar-refractivity contribution is 6.76. The van der Waals surface area contributed by atoms with Gasteiger partial charge in [-0.2, -0.15) is 0 Å². The Kier molecular flexibility index (Phi) is 3.81. The first-order valence-electron chi connectivity index (χ1n) is 8.07. The molecule has 0 radical (unpaired) electrons. The fourth-order valence-corrected chi connectivity index (χ4v) is 3.62. The van der Waals surface area contributed by atoms with Crippen LogP contribution in [0.4, 0.5) is 5.69 Å². The quantitative estimate of drug-likeness (QED) is 0.668. The van der Waals surface area contributed by atoms with E-state index in [-0.39, 0.29) is 5.41 Å². The molecule has 0 saturated heterocycles. The van der Waals surface area contributed by atoms with Crippen LogP contribution in [0.15, 0.2) is 18.5 Å². The van der Waals surface area contributed by atoms with Gasteiger partial charge in [-0.1, -0.05) is 33.5 Å². The van der Waals surface area contributed by atoms with Gasteiger partial charge in [0.25, 0.3) is 0 Å². The lowest BCUT2D eigenvalue weighted by Gasteiger charge is -2.17. The molecule has 0 amide bonds. The van der Waals surface area contributed by atoms with Crippen LogP contribution < -0.4 is 5.32 Å². The van der Waals surface area contributed by atoms with E-state index in [4.69, 9.17) is 4.74 Å². The summed E-state index contributed by atoms with van der Waals surface area (Å²) in [7, 11) is -1.02. The molecule has 1 aromatic heterocycles. The first kappa shape index (κ1) is 15.6. The summed E-state index contributed by atoms with van der Waals surface area (Å²) in [6, 6.07) is 5.64. The molecule has 2 aromatic rings. The zero-order valence-electron chi connectivity index (χ0n) is 14.4. The van der Waals surface area contributed by atoms with Crippen LogP contribution in [0.5, 0.6) is 0 Å². The third-order valence-electron chi connectivity index (χ3n) is 4.44. The molecule has 1 N–H and O–H groups in total. The summed E-state index contributed by atoms with van der Waals surface area (Å²) < 4.78 is 7.96. The van der Waals surface area contributed by atoms with Gasteiger partial charge >= 0.3 is 0 Å². The minimum absolute atomic E-state index is 0.182. The standard InChI is InChI=1S/C17H27N3OSi/c1-17(2)10-18-14-9-16-15(8-13(14)17)19-11-20(16)12-21-6-7-22(3,4)5/h8-9,11,18H,6-7,10,12H2,1-5H3. The van der Waals surface area contributed by atoms with Gasteiger partial charge in [-0.25, -0.2) is 4.98 Å². The van der Waals surface area contributed by atoms with Crippen molar-refractivity contribution < 1.29 is 4.74 Å². The van der Waals surface area contributed by atoms with E-state index in [9.17, 15) is 0 Å². The summed E-state index contributed by atoms with van der Waals surface area (Å²) in [4.78, 5) is 4.55. The molecule has 22 heavy (non-hydrogen) atoms. The summed E-state index contributed by atoms with van der Waals surface area (Å²) in [6.07, 6.45) is 1.89. The van der Waals surface area contributed by atoms with Crippen LogP contribution in [0, 0.1) is 0 Å². The molecule has 0 spiro atoms. The van der Waals surface area contributed by atoms with Crippen LogP contribution >= 0.6 is 0 Å². The summed E-state index contributed by atoms with van der Waals surface area (Å²) >= 11 is 0. The third-order valence-corrected chi connectivity index (χ3v) is 6.14. The molecule has 0 atom stereocenters. The van der Waals surface area contributed by atoms with E-state index < -0.39 is 8.07 Å². The van der Waals surface area contributed by atoms with Crippen LogP contribution in [0.1, 0.15) is 19.4 Å². The van der Waals surface area contributed by atoms with E-state index >= 15 is 0 Å². The number of nitrogens with one attached hydrogen (secondary N) is 1. The van der Waals surface area contributed by atoms with Gasteiger partial charge in [0, 0.05) is 32.3 Å². The highest BCUT2D eigenvalue weighted by Gasteiger charge is 2.30. The number of hydrogen-bond acceptors (Lipinski definition) is 3. The van der Waals surface area contributed by atoms with Gasteiger partial charge in [-0.05, 0) is 23.7 Å². The summed E-state index contributed by atoms with van der Waals surface area (Å²) in [5, 5.41) is 3.51. The number of hydrogen-bond donors (Lipinski definition) is 1. The lowest BCUT2D eigenvalue weighted by Crippen LogP contribution is -2.21.